The molecule has 7 nitrogen and oxygen atoms in total. The summed E-state index contributed by atoms with van der Waals surface area (Å²) in [5, 5.41) is 8.03. The van der Waals surface area contributed by atoms with Crippen molar-refractivity contribution in [1.82, 2.24) is 0 Å². The zero-order valence-corrected chi connectivity index (χ0v) is 11.2. The third-order valence-corrected chi connectivity index (χ3v) is 2.85. The van der Waals surface area contributed by atoms with Crippen LogP contribution in [0.1, 0.15) is 0 Å². The van der Waals surface area contributed by atoms with Gasteiger partial charge in [-0.05, 0) is 42.5 Å². The summed E-state index contributed by atoms with van der Waals surface area (Å²) in [5.41, 5.74) is 13.9. The van der Waals surface area contributed by atoms with Crippen molar-refractivity contribution in [3.05, 3.63) is 42.5 Å². The SMILES string of the molecule is Nc1ccc(N=Nc2ccc(N[SH](=O)=O)cc2)c(N)c1. The van der Waals surface area contributed by atoms with Crippen LogP contribution in [0.3, 0.4) is 0 Å². The summed E-state index contributed by atoms with van der Waals surface area (Å²) >= 11 is 0. The Hall–Kier alpha value is -2.61. The summed E-state index contributed by atoms with van der Waals surface area (Å²) < 4.78 is 23.2. The predicted molar refractivity (Wildman–Crippen MR) is 79.8 cm³/mol. The predicted octanol–water partition coefficient (Wildman–Crippen LogP) is 2.20. The molecule has 0 aliphatic heterocycles. The Morgan fingerprint density at radius 1 is 0.950 bits per heavy atom. The third-order valence-electron chi connectivity index (χ3n) is 2.41. The van der Waals surface area contributed by atoms with E-state index in [4.69, 9.17) is 11.5 Å². The van der Waals surface area contributed by atoms with E-state index in [1.54, 1.807) is 42.5 Å². The number of benzene rings is 2. The summed E-state index contributed by atoms with van der Waals surface area (Å²) in [6.07, 6.45) is 0. The second-order valence-corrected chi connectivity index (χ2v) is 4.67. The quantitative estimate of drug-likeness (QED) is 0.391. The van der Waals surface area contributed by atoms with Crippen LogP contribution >= 0.6 is 0 Å². The van der Waals surface area contributed by atoms with Gasteiger partial charge in [-0.3, -0.25) is 4.72 Å². The second kappa shape index (κ2) is 6.02. The van der Waals surface area contributed by atoms with Gasteiger partial charge in [0, 0.05) is 11.4 Å². The number of rotatable bonds is 4. The molecular weight excluding hydrogens is 278 g/mol. The molecule has 0 unspecified atom stereocenters. The van der Waals surface area contributed by atoms with Crippen molar-refractivity contribution in [2.24, 2.45) is 10.2 Å². The van der Waals surface area contributed by atoms with Crippen molar-refractivity contribution in [1.29, 1.82) is 0 Å². The van der Waals surface area contributed by atoms with Crippen molar-refractivity contribution in [3.8, 4) is 0 Å². The minimum atomic E-state index is -2.67. The van der Waals surface area contributed by atoms with Crippen molar-refractivity contribution < 1.29 is 8.42 Å². The lowest BCUT2D eigenvalue weighted by Crippen LogP contribution is -1.93. The first-order valence-corrected chi connectivity index (χ1v) is 6.80. The molecule has 20 heavy (non-hydrogen) atoms. The lowest BCUT2D eigenvalue weighted by molar-refractivity contribution is 0.619. The van der Waals surface area contributed by atoms with Gasteiger partial charge in [0.15, 0.2) is 0 Å². The van der Waals surface area contributed by atoms with E-state index >= 15 is 0 Å². The molecule has 0 saturated heterocycles. The Morgan fingerprint density at radius 3 is 2.25 bits per heavy atom. The van der Waals surface area contributed by atoms with Crippen LogP contribution in [0.2, 0.25) is 0 Å². The van der Waals surface area contributed by atoms with E-state index in [1.165, 1.54) is 0 Å². The average molecular weight is 291 g/mol. The largest absolute Gasteiger partial charge is 0.399 e. The van der Waals surface area contributed by atoms with Gasteiger partial charge in [-0.1, -0.05) is 0 Å². The molecule has 0 aromatic heterocycles. The Bertz CT molecular complexity index is 702. The van der Waals surface area contributed by atoms with E-state index in [-0.39, 0.29) is 0 Å². The van der Waals surface area contributed by atoms with Gasteiger partial charge in [0.2, 0.25) is 10.9 Å². The number of nitrogens with two attached hydrogens (primary N) is 2. The number of anilines is 3. The third kappa shape index (κ3) is 3.69. The molecule has 0 bridgehead atoms. The van der Waals surface area contributed by atoms with Crippen molar-refractivity contribution in [2.75, 3.05) is 16.2 Å². The first-order valence-electron chi connectivity index (χ1n) is 5.62. The molecule has 8 heteroatoms. The molecule has 0 amide bonds. The van der Waals surface area contributed by atoms with Crippen LogP contribution in [0.5, 0.6) is 0 Å². The minimum Gasteiger partial charge on any atom is -0.399 e. The summed E-state index contributed by atoms with van der Waals surface area (Å²) in [5.74, 6) is 0. The van der Waals surface area contributed by atoms with Crippen LogP contribution in [0.25, 0.3) is 0 Å². The summed E-state index contributed by atoms with van der Waals surface area (Å²) in [6, 6.07) is 11.4. The van der Waals surface area contributed by atoms with Crippen LogP contribution in [-0.2, 0) is 10.9 Å². The lowest BCUT2D eigenvalue weighted by Gasteiger charge is -2.01. The molecule has 104 valence electrons. The summed E-state index contributed by atoms with van der Waals surface area (Å²) in [7, 11) is -2.67. The van der Waals surface area contributed by atoms with Gasteiger partial charge in [0.05, 0.1) is 11.4 Å². The Labute approximate surface area is 117 Å². The second-order valence-electron chi connectivity index (χ2n) is 3.93. The van der Waals surface area contributed by atoms with Crippen molar-refractivity contribution >= 4 is 39.3 Å². The van der Waals surface area contributed by atoms with E-state index in [0.29, 0.717) is 28.4 Å². The van der Waals surface area contributed by atoms with Gasteiger partial charge in [0.25, 0.3) is 0 Å². The van der Waals surface area contributed by atoms with Crippen LogP contribution < -0.4 is 16.2 Å². The summed E-state index contributed by atoms with van der Waals surface area (Å²) in [4.78, 5) is 0. The maximum absolute atomic E-state index is 10.5. The van der Waals surface area contributed by atoms with Crippen LogP contribution in [0.4, 0.5) is 28.4 Å². The Morgan fingerprint density at radius 2 is 1.65 bits per heavy atom. The smallest absolute Gasteiger partial charge is 0.222 e. The van der Waals surface area contributed by atoms with E-state index in [2.05, 4.69) is 15.0 Å². The highest BCUT2D eigenvalue weighted by Gasteiger charge is 1.98. The Balaban J connectivity index is 2.15. The van der Waals surface area contributed by atoms with E-state index < -0.39 is 10.9 Å². The van der Waals surface area contributed by atoms with Crippen LogP contribution in [0, 0.1) is 0 Å². The molecule has 0 saturated carbocycles. The zero-order chi connectivity index (χ0) is 14.5. The maximum atomic E-state index is 10.5. The molecule has 0 spiro atoms. The van der Waals surface area contributed by atoms with E-state index in [9.17, 15) is 8.42 Å². The number of hydrogen-bond donors (Lipinski definition) is 4. The molecule has 2 aromatic carbocycles. The van der Waals surface area contributed by atoms with Crippen molar-refractivity contribution in [2.45, 2.75) is 0 Å². The van der Waals surface area contributed by atoms with Gasteiger partial charge in [-0.25, -0.2) is 8.42 Å². The summed E-state index contributed by atoms with van der Waals surface area (Å²) in [6.45, 7) is 0. The fraction of sp³-hybridized carbons (Fsp3) is 0. The molecule has 0 radical (unpaired) electrons. The number of thiol groups is 1. The molecule has 2 rings (SSSR count). The molecule has 0 aliphatic carbocycles. The highest BCUT2D eigenvalue weighted by atomic mass is 32.2. The minimum absolute atomic E-state index is 0.440. The maximum Gasteiger partial charge on any atom is 0.222 e. The molecule has 0 atom stereocenters. The zero-order valence-electron chi connectivity index (χ0n) is 10.4. The fourth-order valence-corrected chi connectivity index (χ4v) is 1.84. The molecule has 0 heterocycles. The highest BCUT2D eigenvalue weighted by molar-refractivity contribution is 7.73. The van der Waals surface area contributed by atoms with Crippen LogP contribution in [0.15, 0.2) is 52.7 Å². The van der Waals surface area contributed by atoms with Gasteiger partial charge in [0.1, 0.15) is 5.69 Å². The normalized spacial score (nSPS) is 11.1. The van der Waals surface area contributed by atoms with Crippen LogP contribution in [-0.4, -0.2) is 8.42 Å². The molecule has 0 fully saturated rings. The lowest BCUT2D eigenvalue weighted by atomic mass is 10.2. The number of azo groups is 1. The highest BCUT2D eigenvalue weighted by Crippen LogP contribution is 2.26. The van der Waals surface area contributed by atoms with E-state index in [1.807, 2.05) is 0 Å². The number of nitrogens with one attached hydrogen (secondary N) is 1. The molecule has 2 aromatic rings. The molecule has 5 N–H and O–H groups in total. The number of hydrogen-bond acceptors (Lipinski definition) is 6. The fourth-order valence-electron chi connectivity index (χ4n) is 1.48. The average Bonchev–Trinajstić information content (AvgIpc) is 2.39. The first kappa shape index (κ1) is 13.8. The monoisotopic (exact) mass is 291 g/mol. The Kier molecular flexibility index (Phi) is 4.16. The van der Waals surface area contributed by atoms with Crippen molar-refractivity contribution in [3.63, 3.8) is 0 Å². The number of nitrogen functional groups attached to an aromatic ring is 2. The van der Waals surface area contributed by atoms with E-state index in [0.717, 1.165) is 0 Å². The van der Waals surface area contributed by atoms with Gasteiger partial charge in [-0.15, -0.1) is 5.11 Å². The topological polar surface area (TPSA) is 123 Å². The van der Waals surface area contributed by atoms with Gasteiger partial charge < -0.3 is 11.5 Å². The van der Waals surface area contributed by atoms with Gasteiger partial charge >= 0.3 is 0 Å². The molecule has 0 aliphatic rings. The number of nitrogens with zero attached hydrogens (tertiary/aromatic N) is 2. The standard InChI is InChI=1S/C12H13N5O2S/c13-8-1-6-12(11(14)7-8)16-15-9-2-4-10(5-3-9)17-20(18)19/h1-7,20H,13-14H2,(H,17,18,19). The first-order chi connectivity index (χ1) is 9.54. The van der Waals surface area contributed by atoms with Gasteiger partial charge in [-0.2, -0.15) is 5.11 Å². The molecular formula is C12H13N5O2S.